The second-order valence-electron chi connectivity index (χ2n) is 3.65. The molecule has 1 atom stereocenters. The SMILES string of the molecule is CC(CN(C)C)Nc1ncc(N)cn1. The molecule has 0 aromatic carbocycles. The van der Waals surface area contributed by atoms with Crippen molar-refractivity contribution in [3.05, 3.63) is 12.4 Å². The number of nitrogens with zero attached hydrogens (tertiary/aromatic N) is 3. The van der Waals surface area contributed by atoms with Crippen LogP contribution in [-0.2, 0) is 0 Å². The van der Waals surface area contributed by atoms with E-state index in [1.807, 2.05) is 14.1 Å². The Morgan fingerprint density at radius 2 is 2.00 bits per heavy atom. The number of nitrogens with one attached hydrogen (secondary N) is 1. The molecule has 1 aromatic rings. The summed E-state index contributed by atoms with van der Waals surface area (Å²) in [6.07, 6.45) is 3.19. The molecule has 14 heavy (non-hydrogen) atoms. The van der Waals surface area contributed by atoms with Crippen LogP contribution in [0.5, 0.6) is 0 Å². The number of hydrogen-bond acceptors (Lipinski definition) is 5. The lowest BCUT2D eigenvalue weighted by Gasteiger charge is -2.17. The summed E-state index contributed by atoms with van der Waals surface area (Å²) in [5.74, 6) is 0.619. The van der Waals surface area contributed by atoms with Crippen LogP contribution in [0.15, 0.2) is 12.4 Å². The highest BCUT2D eigenvalue weighted by Gasteiger charge is 2.04. The van der Waals surface area contributed by atoms with Crippen molar-refractivity contribution in [2.75, 3.05) is 31.7 Å². The minimum atomic E-state index is 0.314. The van der Waals surface area contributed by atoms with Gasteiger partial charge in [0.15, 0.2) is 0 Å². The Balaban J connectivity index is 2.47. The van der Waals surface area contributed by atoms with Crippen molar-refractivity contribution < 1.29 is 0 Å². The molecule has 0 fully saturated rings. The highest BCUT2D eigenvalue weighted by Crippen LogP contribution is 2.02. The normalized spacial score (nSPS) is 12.9. The second-order valence-corrected chi connectivity index (χ2v) is 3.65. The fourth-order valence-electron chi connectivity index (χ4n) is 1.23. The maximum absolute atomic E-state index is 5.48. The van der Waals surface area contributed by atoms with Gasteiger partial charge >= 0.3 is 0 Å². The molecule has 0 spiro atoms. The quantitative estimate of drug-likeness (QED) is 0.729. The topological polar surface area (TPSA) is 67.1 Å². The average Bonchev–Trinajstić information content (AvgIpc) is 2.07. The van der Waals surface area contributed by atoms with Gasteiger partial charge in [-0.1, -0.05) is 0 Å². The Morgan fingerprint density at radius 3 is 2.50 bits per heavy atom. The van der Waals surface area contributed by atoms with Crippen LogP contribution in [0.4, 0.5) is 11.6 Å². The maximum atomic E-state index is 5.48. The van der Waals surface area contributed by atoms with Gasteiger partial charge in [-0.25, -0.2) is 9.97 Å². The van der Waals surface area contributed by atoms with Crippen molar-refractivity contribution in [1.82, 2.24) is 14.9 Å². The average molecular weight is 195 g/mol. The molecule has 0 aliphatic heterocycles. The number of rotatable bonds is 4. The van der Waals surface area contributed by atoms with E-state index in [4.69, 9.17) is 5.73 Å². The summed E-state index contributed by atoms with van der Waals surface area (Å²) in [7, 11) is 4.06. The van der Waals surface area contributed by atoms with Gasteiger partial charge < -0.3 is 16.0 Å². The summed E-state index contributed by atoms with van der Waals surface area (Å²) in [6.45, 7) is 3.02. The first kappa shape index (κ1) is 10.7. The van der Waals surface area contributed by atoms with Gasteiger partial charge in [-0.2, -0.15) is 0 Å². The lowest BCUT2D eigenvalue weighted by atomic mass is 10.3. The van der Waals surface area contributed by atoms with E-state index in [9.17, 15) is 0 Å². The van der Waals surface area contributed by atoms with Crippen molar-refractivity contribution in [3.8, 4) is 0 Å². The van der Waals surface area contributed by atoms with Crippen molar-refractivity contribution in [2.45, 2.75) is 13.0 Å². The zero-order valence-corrected chi connectivity index (χ0v) is 8.86. The molecule has 1 rings (SSSR count). The molecule has 5 heteroatoms. The first-order valence-electron chi connectivity index (χ1n) is 4.56. The van der Waals surface area contributed by atoms with Crippen molar-refractivity contribution in [3.63, 3.8) is 0 Å². The first-order valence-corrected chi connectivity index (χ1v) is 4.56. The molecule has 0 radical (unpaired) electrons. The number of aromatic nitrogens is 2. The third-order valence-electron chi connectivity index (χ3n) is 1.69. The molecule has 1 aromatic heterocycles. The molecule has 78 valence electrons. The van der Waals surface area contributed by atoms with E-state index in [1.165, 1.54) is 0 Å². The number of hydrogen-bond donors (Lipinski definition) is 2. The van der Waals surface area contributed by atoms with Gasteiger partial charge in [-0.3, -0.25) is 0 Å². The number of nitrogens with two attached hydrogens (primary N) is 1. The predicted octanol–water partition coefficient (Wildman–Crippen LogP) is 0.421. The molecule has 3 N–H and O–H groups in total. The Morgan fingerprint density at radius 1 is 1.43 bits per heavy atom. The molecule has 0 aliphatic rings. The summed E-state index contributed by atoms with van der Waals surface area (Å²) in [5, 5.41) is 3.18. The summed E-state index contributed by atoms with van der Waals surface area (Å²) in [4.78, 5) is 10.2. The molecule has 1 heterocycles. The standard InChI is InChI=1S/C9H17N5/c1-7(6-14(2)3)13-9-11-4-8(10)5-12-9/h4-5,7H,6,10H2,1-3H3,(H,11,12,13). The summed E-state index contributed by atoms with van der Waals surface area (Å²) in [6, 6.07) is 0.314. The molecule has 0 aliphatic carbocycles. The van der Waals surface area contributed by atoms with E-state index in [0.717, 1.165) is 6.54 Å². The fourth-order valence-corrected chi connectivity index (χ4v) is 1.23. The van der Waals surface area contributed by atoms with E-state index in [0.29, 0.717) is 17.7 Å². The van der Waals surface area contributed by atoms with Gasteiger partial charge in [-0.05, 0) is 21.0 Å². The van der Waals surface area contributed by atoms with E-state index >= 15 is 0 Å². The third kappa shape index (κ3) is 3.57. The van der Waals surface area contributed by atoms with Crippen LogP contribution in [0, 0.1) is 0 Å². The Hall–Kier alpha value is -1.36. The van der Waals surface area contributed by atoms with E-state index in [1.54, 1.807) is 12.4 Å². The Kier molecular flexibility index (Phi) is 3.64. The largest absolute Gasteiger partial charge is 0.396 e. The molecule has 0 bridgehead atoms. The Bertz CT molecular complexity index is 269. The van der Waals surface area contributed by atoms with Crippen LogP contribution in [0.1, 0.15) is 6.92 Å². The summed E-state index contributed by atoms with van der Waals surface area (Å²) < 4.78 is 0. The molecular formula is C9H17N5. The van der Waals surface area contributed by atoms with Crippen LogP contribution in [0.3, 0.4) is 0 Å². The van der Waals surface area contributed by atoms with Gasteiger partial charge in [0.05, 0.1) is 18.1 Å². The highest BCUT2D eigenvalue weighted by molar-refractivity contribution is 5.36. The first-order chi connectivity index (χ1) is 6.58. The number of anilines is 2. The lowest BCUT2D eigenvalue weighted by molar-refractivity contribution is 0.391. The predicted molar refractivity (Wildman–Crippen MR) is 58.1 cm³/mol. The van der Waals surface area contributed by atoms with Crippen LogP contribution < -0.4 is 11.1 Å². The minimum Gasteiger partial charge on any atom is -0.396 e. The van der Waals surface area contributed by atoms with Crippen LogP contribution in [0.2, 0.25) is 0 Å². The summed E-state index contributed by atoms with van der Waals surface area (Å²) in [5.41, 5.74) is 6.06. The number of likely N-dealkylation sites (N-methyl/N-ethyl adjacent to an activating group) is 1. The molecule has 5 nitrogen and oxygen atoms in total. The van der Waals surface area contributed by atoms with Gasteiger partial charge in [0, 0.05) is 12.6 Å². The van der Waals surface area contributed by atoms with E-state index < -0.39 is 0 Å². The van der Waals surface area contributed by atoms with Crippen molar-refractivity contribution >= 4 is 11.6 Å². The Labute approximate surface area is 84.3 Å². The zero-order valence-electron chi connectivity index (χ0n) is 8.86. The van der Waals surface area contributed by atoms with Crippen LogP contribution in [-0.4, -0.2) is 41.5 Å². The van der Waals surface area contributed by atoms with Crippen molar-refractivity contribution in [2.24, 2.45) is 0 Å². The summed E-state index contributed by atoms with van der Waals surface area (Å²) >= 11 is 0. The molecular weight excluding hydrogens is 178 g/mol. The van der Waals surface area contributed by atoms with Crippen LogP contribution in [0.25, 0.3) is 0 Å². The van der Waals surface area contributed by atoms with Crippen molar-refractivity contribution in [1.29, 1.82) is 0 Å². The van der Waals surface area contributed by atoms with Gasteiger partial charge in [0.25, 0.3) is 0 Å². The minimum absolute atomic E-state index is 0.314. The van der Waals surface area contributed by atoms with Crippen LogP contribution >= 0.6 is 0 Å². The molecule has 1 unspecified atom stereocenters. The molecule has 0 saturated heterocycles. The third-order valence-corrected chi connectivity index (χ3v) is 1.69. The van der Waals surface area contributed by atoms with Gasteiger partial charge in [0.2, 0.25) is 5.95 Å². The zero-order chi connectivity index (χ0) is 10.6. The molecule has 0 amide bonds. The van der Waals surface area contributed by atoms with E-state index in [-0.39, 0.29) is 0 Å². The number of nitrogen functional groups attached to an aromatic ring is 1. The second kappa shape index (κ2) is 4.76. The lowest BCUT2D eigenvalue weighted by Crippen LogP contribution is -2.30. The molecule has 0 saturated carbocycles. The van der Waals surface area contributed by atoms with Gasteiger partial charge in [0.1, 0.15) is 0 Å². The van der Waals surface area contributed by atoms with E-state index in [2.05, 4.69) is 27.1 Å². The smallest absolute Gasteiger partial charge is 0.222 e. The maximum Gasteiger partial charge on any atom is 0.222 e. The fraction of sp³-hybridized carbons (Fsp3) is 0.556. The highest BCUT2D eigenvalue weighted by atomic mass is 15.2. The van der Waals surface area contributed by atoms with Gasteiger partial charge in [-0.15, -0.1) is 0 Å². The monoisotopic (exact) mass is 195 g/mol.